The van der Waals surface area contributed by atoms with Crippen LogP contribution >= 0.6 is 0 Å². The minimum Gasteiger partial charge on any atom is -0.358 e. The Morgan fingerprint density at radius 1 is 0.889 bits per heavy atom. The van der Waals surface area contributed by atoms with Gasteiger partial charge in [0.25, 0.3) is 0 Å². The van der Waals surface area contributed by atoms with Gasteiger partial charge in [0.05, 0.1) is 12.1 Å². The first kappa shape index (κ1) is 16.9. The number of nitrogens with zero attached hydrogens (tertiary/aromatic N) is 2. The lowest BCUT2D eigenvalue weighted by molar-refractivity contribution is -0.126. The van der Waals surface area contributed by atoms with Gasteiger partial charge in [-0.3, -0.25) is 19.4 Å². The van der Waals surface area contributed by atoms with Gasteiger partial charge in [0.2, 0.25) is 11.8 Å². The molecule has 0 aromatic rings. The maximum absolute atomic E-state index is 11.5. The predicted octanol–water partition coefficient (Wildman–Crippen LogP) is -0.881. The summed E-state index contributed by atoms with van der Waals surface area (Å²) in [6, 6.07) is -0.336. The molecule has 6 heteroatoms. The van der Waals surface area contributed by atoms with E-state index in [-0.39, 0.29) is 23.9 Å². The van der Waals surface area contributed by atoms with Crippen molar-refractivity contribution in [3.8, 4) is 0 Å². The van der Waals surface area contributed by atoms with Gasteiger partial charge in [-0.2, -0.15) is 0 Å². The standard InChI is InChI=1S/C12H26N4O2/c1-9(11(17)13-3)15(5)7-8-16(6)10(2)12(18)14-4/h9-10H,7-8H2,1-6H3,(H,13,17)(H,14,18)/t9-,10-/m0/s1. The molecule has 0 heterocycles. The molecule has 0 aromatic heterocycles. The van der Waals surface area contributed by atoms with Crippen LogP contribution in [-0.2, 0) is 9.59 Å². The van der Waals surface area contributed by atoms with Crippen LogP contribution in [0, 0.1) is 0 Å². The van der Waals surface area contributed by atoms with Gasteiger partial charge in [-0.15, -0.1) is 0 Å². The number of amides is 2. The van der Waals surface area contributed by atoms with Crippen molar-refractivity contribution in [1.29, 1.82) is 0 Å². The molecule has 6 nitrogen and oxygen atoms in total. The van der Waals surface area contributed by atoms with E-state index < -0.39 is 0 Å². The fourth-order valence-corrected chi connectivity index (χ4v) is 1.52. The van der Waals surface area contributed by atoms with Crippen LogP contribution < -0.4 is 10.6 Å². The molecule has 2 atom stereocenters. The highest BCUT2D eigenvalue weighted by atomic mass is 16.2. The van der Waals surface area contributed by atoms with Crippen LogP contribution in [0.25, 0.3) is 0 Å². The van der Waals surface area contributed by atoms with E-state index in [1.54, 1.807) is 14.1 Å². The zero-order valence-electron chi connectivity index (χ0n) is 12.3. The SMILES string of the molecule is CNC(=O)[C@H](C)N(C)CCN(C)[C@@H](C)C(=O)NC. The number of nitrogens with one attached hydrogen (secondary N) is 2. The van der Waals surface area contributed by atoms with Crippen molar-refractivity contribution in [3.05, 3.63) is 0 Å². The highest BCUT2D eigenvalue weighted by Crippen LogP contribution is 1.99. The zero-order valence-corrected chi connectivity index (χ0v) is 12.3. The molecule has 0 aliphatic carbocycles. The van der Waals surface area contributed by atoms with Gasteiger partial charge in [0.1, 0.15) is 0 Å². The molecule has 0 aliphatic heterocycles. The van der Waals surface area contributed by atoms with Crippen molar-refractivity contribution in [2.75, 3.05) is 41.3 Å². The molecule has 0 rings (SSSR count). The van der Waals surface area contributed by atoms with Crippen LogP contribution in [-0.4, -0.2) is 75.0 Å². The summed E-state index contributed by atoms with van der Waals surface area (Å²) in [5, 5.41) is 5.25. The Labute approximate surface area is 110 Å². The summed E-state index contributed by atoms with van der Waals surface area (Å²) in [4.78, 5) is 26.8. The zero-order chi connectivity index (χ0) is 14.3. The van der Waals surface area contributed by atoms with E-state index in [0.717, 1.165) is 13.1 Å². The number of carbonyl (C=O) groups is 2. The molecule has 0 saturated carbocycles. The average molecular weight is 258 g/mol. The highest BCUT2D eigenvalue weighted by Gasteiger charge is 2.19. The molecule has 0 bridgehead atoms. The number of hydrogen-bond donors (Lipinski definition) is 2. The van der Waals surface area contributed by atoms with E-state index in [4.69, 9.17) is 0 Å². The Kier molecular flexibility index (Phi) is 7.54. The van der Waals surface area contributed by atoms with E-state index in [2.05, 4.69) is 10.6 Å². The third-order valence-electron chi connectivity index (χ3n) is 3.38. The molecule has 0 radical (unpaired) electrons. The summed E-state index contributed by atoms with van der Waals surface area (Å²) >= 11 is 0. The number of likely N-dealkylation sites (N-methyl/N-ethyl adjacent to an activating group) is 4. The van der Waals surface area contributed by atoms with Gasteiger partial charge in [-0.25, -0.2) is 0 Å². The smallest absolute Gasteiger partial charge is 0.236 e. The first-order chi connectivity index (χ1) is 8.34. The van der Waals surface area contributed by atoms with Gasteiger partial charge in [0.15, 0.2) is 0 Å². The minimum absolute atomic E-state index is 0.000460. The van der Waals surface area contributed by atoms with Gasteiger partial charge in [-0.1, -0.05) is 0 Å². The molecule has 0 saturated heterocycles. The third-order valence-corrected chi connectivity index (χ3v) is 3.38. The summed E-state index contributed by atoms with van der Waals surface area (Å²) in [5.41, 5.74) is 0. The van der Waals surface area contributed by atoms with Crippen LogP contribution in [0.15, 0.2) is 0 Å². The Balaban J connectivity index is 4.16. The molecule has 106 valence electrons. The number of carbonyl (C=O) groups excluding carboxylic acids is 2. The lowest BCUT2D eigenvalue weighted by Crippen LogP contribution is -2.47. The monoisotopic (exact) mass is 258 g/mol. The van der Waals surface area contributed by atoms with Crippen molar-refractivity contribution in [1.82, 2.24) is 20.4 Å². The highest BCUT2D eigenvalue weighted by molar-refractivity contribution is 5.81. The molecule has 0 spiro atoms. The molecular formula is C12H26N4O2. The number of hydrogen-bond acceptors (Lipinski definition) is 4. The molecule has 2 N–H and O–H groups in total. The average Bonchev–Trinajstić information content (AvgIpc) is 2.40. The molecular weight excluding hydrogens is 232 g/mol. The Bertz CT molecular complexity index is 255. The lowest BCUT2D eigenvalue weighted by Gasteiger charge is -2.28. The minimum atomic E-state index is -0.168. The quantitative estimate of drug-likeness (QED) is 0.622. The second-order valence-electron chi connectivity index (χ2n) is 4.54. The molecule has 0 aromatic carbocycles. The summed E-state index contributed by atoms with van der Waals surface area (Å²) in [6.07, 6.45) is 0. The van der Waals surface area contributed by atoms with Gasteiger partial charge >= 0.3 is 0 Å². The molecule has 0 unspecified atom stereocenters. The summed E-state index contributed by atoms with van der Waals surface area (Å²) in [6.45, 7) is 5.18. The number of rotatable bonds is 7. The van der Waals surface area contributed by atoms with Gasteiger partial charge < -0.3 is 10.6 Å². The Morgan fingerprint density at radius 2 is 1.17 bits per heavy atom. The first-order valence-electron chi connectivity index (χ1n) is 6.18. The topological polar surface area (TPSA) is 64.7 Å². The van der Waals surface area contributed by atoms with Crippen LogP contribution in [0.5, 0.6) is 0 Å². The fourth-order valence-electron chi connectivity index (χ4n) is 1.52. The molecule has 0 fully saturated rings. The third kappa shape index (κ3) is 5.01. The normalized spacial score (nSPS) is 14.4. The lowest BCUT2D eigenvalue weighted by atomic mass is 10.2. The molecule has 2 amide bonds. The van der Waals surface area contributed by atoms with E-state index in [0.29, 0.717) is 0 Å². The summed E-state index contributed by atoms with van der Waals surface area (Å²) in [7, 11) is 7.07. The second kappa shape index (κ2) is 8.05. The Hall–Kier alpha value is -1.14. The van der Waals surface area contributed by atoms with E-state index >= 15 is 0 Å². The van der Waals surface area contributed by atoms with E-state index in [1.165, 1.54) is 0 Å². The van der Waals surface area contributed by atoms with Crippen LogP contribution in [0.4, 0.5) is 0 Å². The van der Waals surface area contributed by atoms with Crippen molar-refractivity contribution in [2.45, 2.75) is 25.9 Å². The van der Waals surface area contributed by atoms with Crippen molar-refractivity contribution in [2.24, 2.45) is 0 Å². The van der Waals surface area contributed by atoms with Crippen LogP contribution in [0.2, 0.25) is 0 Å². The largest absolute Gasteiger partial charge is 0.358 e. The van der Waals surface area contributed by atoms with Crippen LogP contribution in [0.1, 0.15) is 13.8 Å². The summed E-state index contributed by atoms with van der Waals surface area (Å²) in [5.74, 6) is -0.000921. The predicted molar refractivity (Wildman–Crippen MR) is 72.3 cm³/mol. The first-order valence-corrected chi connectivity index (χ1v) is 6.18. The fraction of sp³-hybridized carbons (Fsp3) is 0.833. The van der Waals surface area contributed by atoms with Crippen molar-refractivity contribution in [3.63, 3.8) is 0 Å². The molecule has 18 heavy (non-hydrogen) atoms. The maximum atomic E-state index is 11.5. The van der Waals surface area contributed by atoms with E-state index in [1.807, 2.05) is 37.7 Å². The van der Waals surface area contributed by atoms with Gasteiger partial charge in [-0.05, 0) is 27.9 Å². The summed E-state index contributed by atoms with van der Waals surface area (Å²) < 4.78 is 0. The van der Waals surface area contributed by atoms with E-state index in [9.17, 15) is 9.59 Å². The maximum Gasteiger partial charge on any atom is 0.236 e. The van der Waals surface area contributed by atoms with Crippen molar-refractivity contribution < 1.29 is 9.59 Å². The van der Waals surface area contributed by atoms with Crippen LogP contribution in [0.3, 0.4) is 0 Å². The van der Waals surface area contributed by atoms with Crippen molar-refractivity contribution >= 4 is 11.8 Å². The second-order valence-corrected chi connectivity index (χ2v) is 4.54. The Morgan fingerprint density at radius 3 is 1.39 bits per heavy atom. The van der Waals surface area contributed by atoms with Gasteiger partial charge in [0, 0.05) is 27.2 Å². The molecule has 0 aliphatic rings.